The average Bonchev–Trinajstić information content (AvgIpc) is 2.79. The van der Waals surface area contributed by atoms with Gasteiger partial charge in [0.05, 0.1) is 12.8 Å². The van der Waals surface area contributed by atoms with E-state index >= 15 is 0 Å². The molecule has 1 saturated carbocycles. The fourth-order valence-electron chi connectivity index (χ4n) is 2.71. The maximum atomic E-state index is 5.71. The fourth-order valence-corrected chi connectivity index (χ4v) is 2.71. The molecule has 1 heterocycles. The van der Waals surface area contributed by atoms with Crippen molar-refractivity contribution < 1.29 is 4.42 Å². The van der Waals surface area contributed by atoms with Gasteiger partial charge in [-0.3, -0.25) is 4.90 Å². The van der Waals surface area contributed by atoms with Gasteiger partial charge in [0.2, 0.25) is 0 Å². The van der Waals surface area contributed by atoms with Crippen LogP contribution in [0, 0.1) is 11.8 Å². The van der Waals surface area contributed by atoms with Crippen LogP contribution >= 0.6 is 0 Å². The Balaban J connectivity index is 1.82. The monoisotopic (exact) mass is 278 g/mol. The Hall–Kier alpha value is -0.800. The Morgan fingerprint density at radius 2 is 2.20 bits per heavy atom. The Morgan fingerprint density at radius 3 is 2.80 bits per heavy atom. The number of nitrogens with one attached hydrogen (secondary N) is 1. The van der Waals surface area contributed by atoms with Crippen LogP contribution in [0.1, 0.15) is 51.4 Å². The van der Waals surface area contributed by atoms with Crippen LogP contribution in [0.3, 0.4) is 0 Å². The number of nitrogens with zero attached hydrogens (tertiary/aromatic N) is 1. The first-order valence-electron chi connectivity index (χ1n) is 8.17. The normalized spacial score (nSPS) is 16.1. The van der Waals surface area contributed by atoms with Gasteiger partial charge >= 0.3 is 0 Å². The lowest BCUT2D eigenvalue weighted by Crippen LogP contribution is -2.32. The van der Waals surface area contributed by atoms with Gasteiger partial charge in [0.15, 0.2) is 0 Å². The molecule has 0 amide bonds. The third kappa shape index (κ3) is 4.64. The molecule has 1 aliphatic carbocycles. The second-order valence-corrected chi connectivity index (χ2v) is 6.52. The minimum absolute atomic E-state index is 0.691. The van der Waals surface area contributed by atoms with E-state index in [1.54, 1.807) is 0 Å². The van der Waals surface area contributed by atoms with Crippen LogP contribution in [0.25, 0.3) is 0 Å². The summed E-state index contributed by atoms with van der Waals surface area (Å²) in [5.74, 6) is 2.76. The molecule has 0 aliphatic heterocycles. The standard InChI is InChI=1S/C17H30N2O/c1-4-19(12-15-6-5-7-15)13-17-16(8-9-20-17)11-18-10-14(2)3/h8-9,14-15,18H,4-7,10-13H2,1-3H3. The molecular formula is C17H30N2O. The zero-order valence-corrected chi connectivity index (χ0v) is 13.3. The fraction of sp³-hybridized carbons (Fsp3) is 0.765. The number of hydrogen-bond acceptors (Lipinski definition) is 3. The molecular weight excluding hydrogens is 248 g/mol. The Bertz CT molecular complexity index is 382. The highest BCUT2D eigenvalue weighted by molar-refractivity contribution is 5.16. The van der Waals surface area contributed by atoms with E-state index < -0.39 is 0 Å². The molecule has 3 nitrogen and oxygen atoms in total. The molecule has 20 heavy (non-hydrogen) atoms. The minimum atomic E-state index is 0.691. The second kappa shape index (κ2) is 7.84. The van der Waals surface area contributed by atoms with Gasteiger partial charge in [0.25, 0.3) is 0 Å². The third-order valence-electron chi connectivity index (χ3n) is 4.26. The highest BCUT2D eigenvalue weighted by Gasteiger charge is 2.21. The first-order valence-corrected chi connectivity index (χ1v) is 8.17. The molecule has 3 heteroatoms. The molecule has 0 bridgehead atoms. The first-order chi connectivity index (χ1) is 9.69. The summed E-state index contributed by atoms with van der Waals surface area (Å²) in [7, 11) is 0. The van der Waals surface area contributed by atoms with Crippen LogP contribution in [0.15, 0.2) is 16.7 Å². The van der Waals surface area contributed by atoms with Gasteiger partial charge in [-0.05, 0) is 43.8 Å². The molecule has 1 aromatic rings. The molecule has 0 spiro atoms. The topological polar surface area (TPSA) is 28.4 Å². The van der Waals surface area contributed by atoms with Gasteiger partial charge in [-0.2, -0.15) is 0 Å². The van der Waals surface area contributed by atoms with Gasteiger partial charge in [0.1, 0.15) is 5.76 Å². The van der Waals surface area contributed by atoms with Crippen LogP contribution in [-0.2, 0) is 13.1 Å². The molecule has 0 unspecified atom stereocenters. The van der Waals surface area contributed by atoms with Gasteiger partial charge < -0.3 is 9.73 Å². The summed E-state index contributed by atoms with van der Waals surface area (Å²) in [6.45, 7) is 12.0. The molecule has 0 atom stereocenters. The van der Waals surface area contributed by atoms with Gasteiger partial charge in [-0.25, -0.2) is 0 Å². The van der Waals surface area contributed by atoms with Crippen molar-refractivity contribution in [2.24, 2.45) is 11.8 Å². The van der Waals surface area contributed by atoms with E-state index in [1.807, 2.05) is 6.26 Å². The van der Waals surface area contributed by atoms with Gasteiger partial charge in [0, 0.05) is 18.7 Å². The molecule has 0 aromatic carbocycles. The highest BCUT2D eigenvalue weighted by Crippen LogP contribution is 2.27. The molecule has 0 saturated heterocycles. The van der Waals surface area contributed by atoms with Crippen LogP contribution in [0.2, 0.25) is 0 Å². The number of furan rings is 1. The zero-order valence-electron chi connectivity index (χ0n) is 13.3. The molecule has 1 aromatic heterocycles. The molecule has 1 N–H and O–H groups in total. The Labute approximate surface area is 123 Å². The SMILES string of the molecule is CCN(Cc1occc1CNCC(C)C)CC1CCC1. The number of rotatable bonds is 9. The van der Waals surface area contributed by atoms with Crippen molar-refractivity contribution in [1.82, 2.24) is 10.2 Å². The van der Waals surface area contributed by atoms with E-state index in [-0.39, 0.29) is 0 Å². The van der Waals surface area contributed by atoms with Crippen molar-refractivity contribution in [2.75, 3.05) is 19.6 Å². The Kier molecular flexibility index (Phi) is 6.11. The lowest BCUT2D eigenvalue weighted by atomic mass is 9.85. The molecule has 0 radical (unpaired) electrons. The van der Waals surface area contributed by atoms with Gasteiger partial charge in [-0.1, -0.05) is 27.2 Å². The first kappa shape index (κ1) is 15.6. The predicted molar refractivity (Wildman–Crippen MR) is 83.5 cm³/mol. The van der Waals surface area contributed by atoms with Crippen LogP contribution in [0.4, 0.5) is 0 Å². The predicted octanol–water partition coefficient (Wildman–Crippen LogP) is 3.65. The average molecular weight is 278 g/mol. The summed E-state index contributed by atoms with van der Waals surface area (Å²) in [6.07, 6.45) is 6.08. The second-order valence-electron chi connectivity index (χ2n) is 6.52. The van der Waals surface area contributed by atoms with E-state index in [2.05, 4.69) is 37.1 Å². The van der Waals surface area contributed by atoms with Crippen molar-refractivity contribution in [1.29, 1.82) is 0 Å². The summed E-state index contributed by atoms with van der Waals surface area (Å²) in [5.41, 5.74) is 1.32. The van der Waals surface area contributed by atoms with E-state index in [0.717, 1.165) is 37.9 Å². The third-order valence-corrected chi connectivity index (χ3v) is 4.26. The van der Waals surface area contributed by atoms with E-state index in [1.165, 1.54) is 31.4 Å². The lowest BCUT2D eigenvalue weighted by Gasteiger charge is -2.31. The molecule has 114 valence electrons. The van der Waals surface area contributed by atoms with Crippen LogP contribution in [0.5, 0.6) is 0 Å². The summed E-state index contributed by atoms with van der Waals surface area (Å²) >= 11 is 0. The Morgan fingerprint density at radius 1 is 1.40 bits per heavy atom. The van der Waals surface area contributed by atoms with Crippen molar-refractivity contribution in [2.45, 2.75) is 53.1 Å². The van der Waals surface area contributed by atoms with Crippen molar-refractivity contribution >= 4 is 0 Å². The smallest absolute Gasteiger partial charge is 0.122 e. The largest absolute Gasteiger partial charge is 0.468 e. The maximum Gasteiger partial charge on any atom is 0.122 e. The van der Waals surface area contributed by atoms with Crippen molar-refractivity contribution in [3.63, 3.8) is 0 Å². The quantitative estimate of drug-likeness (QED) is 0.747. The zero-order chi connectivity index (χ0) is 14.4. The number of hydrogen-bond donors (Lipinski definition) is 1. The van der Waals surface area contributed by atoms with Crippen molar-refractivity contribution in [3.05, 3.63) is 23.7 Å². The highest BCUT2D eigenvalue weighted by atomic mass is 16.3. The molecule has 1 aliphatic rings. The molecule has 1 fully saturated rings. The van der Waals surface area contributed by atoms with Crippen molar-refractivity contribution in [3.8, 4) is 0 Å². The summed E-state index contributed by atoms with van der Waals surface area (Å²) in [6, 6.07) is 2.11. The summed E-state index contributed by atoms with van der Waals surface area (Å²) in [5, 5.41) is 3.50. The van der Waals surface area contributed by atoms with E-state index in [9.17, 15) is 0 Å². The van der Waals surface area contributed by atoms with Crippen LogP contribution in [-0.4, -0.2) is 24.5 Å². The van der Waals surface area contributed by atoms with E-state index in [4.69, 9.17) is 4.42 Å². The van der Waals surface area contributed by atoms with E-state index in [0.29, 0.717) is 5.92 Å². The van der Waals surface area contributed by atoms with Gasteiger partial charge in [-0.15, -0.1) is 0 Å². The lowest BCUT2D eigenvalue weighted by molar-refractivity contribution is 0.168. The minimum Gasteiger partial charge on any atom is -0.468 e. The maximum absolute atomic E-state index is 5.71. The molecule has 2 rings (SSSR count). The summed E-state index contributed by atoms with van der Waals surface area (Å²) < 4.78 is 5.71. The van der Waals surface area contributed by atoms with Crippen LogP contribution < -0.4 is 5.32 Å². The summed E-state index contributed by atoms with van der Waals surface area (Å²) in [4.78, 5) is 2.52.